The van der Waals surface area contributed by atoms with Crippen molar-refractivity contribution in [3.8, 4) is 0 Å². The Morgan fingerprint density at radius 3 is 2.67 bits per heavy atom. The fraction of sp³-hybridized carbons (Fsp3) is 0.909. The van der Waals surface area contributed by atoms with Crippen molar-refractivity contribution in [2.24, 2.45) is 17.6 Å². The highest BCUT2D eigenvalue weighted by atomic mass is 19.4. The average Bonchev–Trinajstić information content (AvgIpc) is 2.25. The third kappa shape index (κ3) is 4.81. The third-order valence-corrected chi connectivity index (χ3v) is 3.09. The normalized spacial score (nSPS) is 23.1. The zero-order chi connectivity index (χ0) is 13.8. The van der Waals surface area contributed by atoms with Gasteiger partial charge in [-0.25, -0.2) is 0 Å². The van der Waals surface area contributed by atoms with Gasteiger partial charge in [-0.2, -0.15) is 13.2 Å². The number of amidine groups is 1. The molecule has 0 aromatic rings. The van der Waals surface area contributed by atoms with Crippen molar-refractivity contribution in [2.45, 2.75) is 19.0 Å². The largest absolute Gasteiger partial charge is 0.399 e. The maximum Gasteiger partial charge on any atom is 0.399 e. The Morgan fingerprint density at radius 2 is 2.22 bits per heavy atom. The fourth-order valence-electron chi connectivity index (χ4n) is 2.16. The van der Waals surface area contributed by atoms with Crippen LogP contribution in [0.4, 0.5) is 13.2 Å². The Labute approximate surface area is 105 Å². The zero-order valence-electron chi connectivity index (χ0n) is 10.5. The molecule has 0 amide bonds. The number of rotatable bonds is 5. The second-order valence-electron chi connectivity index (χ2n) is 4.85. The van der Waals surface area contributed by atoms with Gasteiger partial charge < -0.3 is 15.4 Å². The molecule has 7 heteroatoms. The maximum atomic E-state index is 12.6. The minimum Gasteiger partial charge on any atom is -0.387 e. The summed E-state index contributed by atoms with van der Waals surface area (Å²) in [5.41, 5.74) is 5.02. The molecule has 4 nitrogen and oxygen atoms in total. The third-order valence-electron chi connectivity index (χ3n) is 3.09. The SMILES string of the molecule is CN(CC1CCCOC1)CC(C(=N)N)C(F)(F)F. The molecule has 0 spiro atoms. The highest BCUT2D eigenvalue weighted by molar-refractivity contribution is 5.80. The number of ether oxygens (including phenoxy) is 1. The molecule has 18 heavy (non-hydrogen) atoms. The van der Waals surface area contributed by atoms with E-state index in [4.69, 9.17) is 15.9 Å². The van der Waals surface area contributed by atoms with E-state index >= 15 is 0 Å². The summed E-state index contributed by atoms with van der Waals surface area (Å²) < 4.78 is 43.2. The monoisotopic (exact) mass is 267 g/mol. The zero-order valence-corrected chi connectivity index (χ0v) is 10.5. The number of hydrogen-bond donors (Lipinski definition) is 2. The van der Waals surface area contributed by atoms with Crippen molar-refractivity contribution in [1.82, 2.24) is 4.90 Å². The number of alkyl halides is 3. The van der Waals surface area contributed by atoms with Gasteiger partial charge in [0, 0.05) is 19.7 Å². The van der Waals surface area contributed by atoms with Gasteiger partial charge in [0.05, 0.1) is 6.61 Å². The van der Waals surface area contributed by atoms with Crippen molar-refractivity contribution in [2.75, 3.05) is 33.4 Å². The first-order valence-electron chi connectivity index (χ1n) is 5.97. The van der Waals surface area contributed by atoms with E-state index in [1.54, 1.807) is 11.9 Å². The van der Waals surface area contributed by atoms with Crippen molar-refractivity contribution in [3.05, 3.63) is 0 Å². The van der Waals surface area contributed by atoms with Crippen LogP contribution in [0.5, 0.6) is 0 Å². The van der Waals surface area contributed by atoms with Crippen LogP contribution in [0, 0.1) is 17.2 Å². The molecule has 0 bridgehead atoms. The molecule has 0 saturated carbocycles. The molecule has 0 aromatic carbocycles. The van der Waals surface area contributed by atoms with Crippen LogP contribution in [0.15, 0.2) is 0 Å². The van der Waals surface area contributed by atoms with Crippen LogP contribution in [0.3, 0.4) is 0 Å². The summed E-state index contributed by atoms with van der Waals surface area (Å²) in [5, 5.41) is 7.03. The van der Waals surface area contributed by atoms with Crippen molar-refractivity contribution < 1.29 is 17.9 Å². The molecule has 1 aliphatic rings. The highest BCUT2D eigenvalue weighted by Gasteiger charge is 2.42. The standard InChI is InChI=1S/C11H20F3N3O/c1-17(5-8-3-2-4-18-7-8)6-9(10(15)16)11(12,13)14/h8-9H,2-7H2,1H3,(H3,15,16). The molecular formula is C11H20F3N3O. The van der Waals surface area contributed by atoms with Crippen LogP contribution in [0.2, 0.25) is 0 Å². The van der Waals surface area contributed by atoms with Crippen LogP contribution >= 0.6 is 0 Å². The van der Waals surface area contributed by atoms with Gasteiger partial charge in [-0.15, -0.1) is 0 Å². The lowest BCUT2D eigenvalue weighted by Gasteiger charge is -2.30. The molecule has 1 rings (SSSR count). The first-order chi connectivity index (χ1) is 8.30. The lowest BCUT2D eigenvalue weighted by atomic mass is 10.0. The van der Waals surface area contributed by atoms with Crippen LogP contribution in [0.25, 0.3) is 0 Å². The molecule has 0 aromatic heterocycles. The van der Waals surface area contributed by atoms with Gasteiger partial charge in [0.1, 0.15) is 11.8 Å². The molecule has 3 N–H and O–H groups in total. The Kier molecular flexibility index (Phi) is 5.40. The van der Waals surface area contributed by atoms with Gasteiger partial charge in [0.2, 0.25) is 0 Å². The van der Waals surface area contributed by atoms with Crippen LogP contribution < -0.4 is 5.73 Å². The maximum absolute atomic E-state index is 12.6. The van der Waals surface area contributed by atoms with Gasteiger partial charge in [-0.05, 0) is 25.8 Å². The summed E-state index contributed by atoms with van der Waals surface area (Å²) >= 11 is 0. The Morgan fingerprint density at radius 1 is 1.56 bits per heavy atom. The molecule has 1 saturated heterocycles. The molecule has 2 unspecified atom stereocenters. The summed E-state index contributed by atoms with van der Waals surface area (Å²) in [6.45, 7) is 1.61. The van der Waals surface area contributed by atoms with E-state index in [0.717, 1.165) is 19.4 Å². The summed E-state index contributed by atoms with van der Waals surface area (Å²) in [6, 6.07) is 0. The molecule has 0 aliphatic carbocycles. The van der Waals surface area contributed by atoms with Crippen LogP contribution in [0.1, 0.15) is 12.8 Å². The first-order valence-corrected chi connectivity index (χ1v) is 5.97. The molecule has 2 atom stereocenters. The molecule has 106 valence electrons. The lowest BCUT2D eigenvalue weighted by Crippen LogP contribution is -2.44. The van der Waals surface area contributed by atoms with Crippen molar-refractivity contribution in [1.29, 1.82) is 5.41 Å². The fourth-order valence-corrected chi connectivity index (χ4v) is 2.16. The van der Waals surface area contributed by atoms with Crippen molar-refractivity contribution in [3.63, 3.8) is 0 Å². The average molecular weight is 267 g/mol. The summed E-state index contributed by atoms with van der Waals surface area (Å²) in [4.78, 5) is 1.58. The predicted octanol–water partition coefficient (Wildman–Crippen LogP) is 1.46. The number of hydrogen-bond acceptors (Lipinski definition) is 3. The first kappa shape index (κ1) is 15.2. The predicted molar refractivity (Wildman–Crippen MR) is 62.5 cm³/mol. The van der Waals surface area contributed by atoms with E-state index in [-0.39, 0.29) is 12.5 Å². The second kappa shape index (κ2) is 6.38. The van der Waals surface area contributed by atoms with E-state index in [1.165, 1.54) is 0 Å². The molecule has 1 heterocycles. The topological polar surface area (TPSA) is 62.3 Å². The Balaban J connectivity index is 2.45. The number of nitrogens with zero attached hydrogens (tertiary/aromatic N) is 1. The van der Waals surface area contributed by atoms with E-state index in [9.17, 15) is 13.2 Å². The number of nitrogens with one attached hydrogen (secondary N) is 1. The molecule has 1 aliphatic heterocycles. The van der Waals surface area contributed by atoms with E-state index in [1.807, 2.05) is 0 Å². The second-order valence-corrected chi connectivity index (χ2v) is 4.85. The summed E-state index contributed by atoms with van der Waals surface area (Å²) in [5.74, 6) is -2.44. The lowest BCUT2D eigenvalue weighted by molar-refractivity contribution is -0.159. The van der Waals surface area contributed by atoms with Crippen molar-refractivity contribution >= 4 is 5.84 Å². The summed E-state index contributed by atoms with van der Waals surface area (Å²) in [7, 11) is 1.62. The molecular weight excluding hydrogens is 247 g/mol. The van der Waals surface area contributed by atoms with Crippen LogP contribution in [-0.2, 0) is 4.74 Å². The van der Waals surface area contributed by atoms with Crippen LogP contribution in [-0.4, -0.2) is 50.3 Å². The summed E-state index contributed by atoms with van der Waals surface area (Å²) in [6.07, 6.45) is -2.53. The minimum absolute atomic E-state index is 0.268. The Bertz CT molecular complexity index is 277. The number of nitrogens with two attached hydrogens (primary N) is 1. The Hall–Kier alpha value is -0.820. The van der Waals surface area contributed by atoms with E-state index in [2.05, 4.69) is 0 Å². The van der Waals surface area contributed by atoms with Gasteiger partial charge in [0.15, 0.2) is 0 Å². The van der Waals surface area contributed by atoms with Gasteiger partial charge in [-0.3, -0.25) is 5.41 Å². The molecule has 1 fully saturated rings. The smallest absolute Gasteiger partial charge is 0.387 e. The van der Waals surface area contributed by atoms with Gasteiger partial charge >= 0.3 is 6.18 Å². The van der Waals surface area contributed by atoms with E-state index < -0.39 is 17.9 Å². The highest BCUT2D eigenvalue weighted by Crippen LogP contribution is 2.27. The van der Waals surface area contributed by atoms with E-state index in [0.29, 0.717) is 13.2 Å². The van der Waals surface area contributed by atoms with Gasteiger partial charge in [-0.1, -0.05) is 0 Å². The quantitative estimate of drug-likeness (QED) is 0.585. The van der Waals surface area contributed by atoms with Gasteiger partial charge in [0.25, 0.3) is 0 Å². The number of halogens is 3. The molecule has 0 radical (unpaired) electrons. The minimum atomic E-state index is -4.46.